The molecule has 1 saturated heterocycles. The van der Waals surface area contributed by atoms with Crippen molar-refractivity contribution >= 4 is 34.6 Å². The average Bonchev–Trinajstić information content (AvgIpc) is 2.85. The molecular formula is C16H11FN2O3S. The van der Waals surface area contributed by atoms with Crippen LogP contribution in [0.3, 0.4) is 0 Å². The standard InChI is InChI=1S/C16H11FN2O3S/c17-10-2-4-11(5-3-10)18-16-19-15(22)14(23-16)8-9-1-6-12(20)13(21)7-9/h1-8,20-21H,(H,18,19,22)/b14-8+. The number of phenols is 2. The summed E-state index contributed by atoms with van der Waals surface area (Å²) in [5.74, 6) is -1.16. The fourth-order valence-corrected chi connectivity index (χ4v) is 2.74. The number of carbonyl (C=O) groups excluding carboxylic acids is 1. The van der Waals surface area contributed by atoms with Gasteiger partial charge in [0.1, 0.15) is 5.82 Å². The van der Waals surface area contributed by atoms with Crippen LogP contribution in [0.2, 0.25) is 0 Å². The Bertz CT molecular complexity index is 832. The van der Waals surface area contributed by atoms with Crippen molar-refractivity contribution in [2.75, 3.05) is 0 Å². The van der Waals surface area contributed by atoms with Crippen LogP contribution in [0.4, 0.5) is 10.1 Å². The SMILES string of the molecule is O=C1NC(=Nc2ccc(F)cc2)S/C1=C/c1ccc(O)c(O)c1. The molecular weight excluding hydrogens is 319 g/mol. The first-order valence-corrected chi connectivity index (χ1v) is 7.40. The summed E-state index contributed by atoms with van der Waals surface area (Å²) in [6.07, 6.45) is 1.58. The molecule has 2 aromatic carbocycles. The second kappa shape index (κ2) is 6.13. The van der Waals surface area contributed by atoms with E-state index < -0.39 is 0 Å². The van der Waals surface area contributed by atoms with Gasteiger partial charge in [0.25, 0.3) is 5.91 Å². The molecule has 1 aliphatic rings. The highest BCUT2D eigenvalue weighted by atomic mass is 32.2. The molecule has 0 aromatic heterocycles. The normalized spacial score (nSPS) is 17.7. The van der Waals surface area contributed by atoms with Gasteiger partial charge in [0.2, 0.25) is 0 Å². The van der Waals surface area contributed by atoms with Gasteiger partial charge in [0, 0.05) is 0 Å². The smallest absolute Gasteiger partial charge is 0.264 e. The van der Waals surface area contributed by atoms with Crippen LogP contribution in [0, 0.1) is 5.82 Å². The summed E-state index contributed by atoms with van der Waals surface area (Å²) in [7, 11) is 0. The number of carbonyl (C=O) groups is 1. The van der Waals surface area contributed by atoms with Crippen LogP contribution >= 0.6 is 11.8 Å². The van der Waals surface area contributed by atoms with Crippen LogP contribution in [0.25, 0.3) is 6.08 Å². The van der Waals surface area contributed by atoms with Crippen molar-refractivity contribution in [3.8, 4) is 11.5 Å². The third-order valence-electron chi connectivity index (χ3n) is 3.01. The lowest BCUT2D eigenvalue weighted by Crippen LogP contribution is -2.19. The Morgan fingerprint density at radius 3 is 2.52 bits per heavy atom. The Balaban J connectivity index is 1.83. The molecule has 1 heterocycles. The molecule has 0 spiro atoms. The first-order valence-electron chi connectivity index (χ1n) is 6.58. The molecule has 5 nitrogen and oxygen atoms in total. The third-order valence-corrected chi connectivity index (χ3v) is 3.92. The quantitative estimate of drug-likeness (QED) is 0.584. The summed E-state index contributed by atoms with van der Waals surface area (Å²) in [6, 6.07) is 9.86. The molecule has 3 N–H and O–H groups in total. The number of benzene rings is 2. The van der Waals surface area contributed by atoms with E-state index in [1.54, 1.807) is 12.1 Å². The van der Waals surface area contributed by atoms with E-state index in [1.807, 2.05) is 0 Å². The molecule has 0 saturated carbocycles. The molecule has 23 heavy (non-hydrogen) atoms. The zero-order valence-electron chi connectivity index (χ0n) is 11.7. The number of amides is 1. The van der Waals surface area contributed by atoms with Crippen molar-refractivity contribution in [1.29, 1.82) is 0 Å². The number of thioether (sulfide) groups is 1. The Morgan fingerprint density at radius 1 is 1.09 bits per heavy atom. The number of aliphatic imine (C=N–C) groups is 1. The van der Waals surface area contributed by atoms with Gasteiger partial charge in [-0.25, -0.2) is 9.38 Å². The highest BCUT2D eigenvalue weighted by molar-refractivity contribution is 8.18. The lowest BCUT2D eigenvalue weighted by Gasteiger charge is -1.99. The number of amidine groups is 1. The number of halogens is 1. The highest BCUT2D eigenvalue weighted by Crippen LogP contribution is 2.30. The van der Waals surface area contributed by atoms with E-state index in [0.29, 0.717) is 21.3 Å². The van der Waals surface area contributed by atoms with E-state index in [9.17, 15) is 19.4 Å². The van der Waals surface area contributed by atoms with E-state index in [1.165, 1.54) is 36.4 Å². The summed E-state index contributed by atoms with van der Waals surface area (Å²) < 4.78 is 12.9. The molecule has 0 unspecified atom stereocenters. The largest absolute Gasteiger partial charge is 0.504 e. The number of hydrogen-bond donors (Lipinski definition) is 3. The first kappa shape index (κ1) is 15.1. The fraction of sp³-hybridized carbons (Fsp3) is 0. The van der Waals surface area contributed by atoms with Crippen LogP contribution in [0.5, 0.6) is 11.5 Å². The molecule has 1 fully saturated rings. The maximum Gasteiger partial charge on any atom is 0.264 e. The van der Waals surface area contributed by atoms with Crippen LogP contribution in [0.1, 0.15) is 5.56 Å². The van der Waals surface area contributed by atoms with Crippen molar-refractivity contribution in [3.05, 3.63) is 58.8 Å². The van der Waals surface area contributed by atoms with Crippen molar-refractivity contribution in [2.45, 2.75) is 0 Å². The van der Waals surface area contributed by atoms with E-state index in [0.717, 1.165) is 11.8 Å². The summed E-state index contributed by atoms with van der Waals surface area (Å²) in [5, 5.41) is 21.7. The molecule has 0 bridgehead atoms. The van der Waals surface area contributed by atoms with E-state index in [-0.39, 0.29) is 23.2 Å². The van der Waals surface area contributed by atoms with Crippen molar-refractivity contribution in [2.24, 2.45) is 4.99 Å². The van der Waals surface area contributed by atoms with E-state index in [4.69, 9.17) is 0 Å². The van der Waals surface area contributed by atoms with Crippen LogP contribution in [0.15, 0.2) is 52.4 Å². The lowest BCUT2D eigenvalue weighted by atomic mass is 10.2. The lowest BCUT2D eigenvalue weighted by molar-refractivity contribution is -0.115. The van der Waals surface area contributed by atoms with Gasteiger partial charge in [-0.2, -0.15) is 0 Å². The zero-order chi connectivity index (χ0) is 16.4. The van der Waals surface area contributed by atoms with Gasteiger partial charge in [-0.1, -0.05) is 6.07 Å². The predicted molar refractivity (Wildman–Crippen MR) is 87.0 cm³/mol. The summed E-state index contributed by atoms with van der Waals surface area (Å²) >= 11 is 1.14. The average molecular weight is 330 g/mol. The molecule has 1 amide bonds. The number of hydrogen-bond acceptors (Lipinski definition) is 5. The van der Waals surface area contributed by atoms with Crippen molar-refractivity contribution < 1.29 is 19.4 Å². The van der Waals surface area contributed by atoms with Crippen molar-refractivity contribution in [3.63, 3.8) is 0 Å². The Kier molecular flexibility index (Phi) is 4.03. The molecule has 0 aliphatic carbocycles. The summed E-state index contributed by atoms with van der Waals surface area (Å²) in [5.41, 5.74) is 1.10. The zero-order valence-corrected chi connectivity index (χ0v) is 12.5. The van der Waals surface area contributed by atoms with E-state index >= 15 is 0 Å². The van der Waals surface area contributed by atoms with Gasteiger partial charge in [0.15, 0.2) is 16.7 Å². The number of nitrogens with one attached hydrogen (secondary N) is 1. The van der Waals surface area contributed by atoms with Crippen LogP contribution in [-0.4, -0.2) is 21.3 Å². The van der Waals surface area contributed by atoms with Gasteiger partial charge in [0.05, 0.1) is 10.6 Å². The molecule has 0 radical (unpaired) electrons. The predicted octanol–water partition coefficient (Wildman–Crippen LogP) is 3.13. The highest BCUT2D eigenvalue weighted by Gasteiger charge is 2.23. The minimum atomic E-state index is -0.357. The Hall–Kier alpha value is -2.80. The number of rotatable bonds is 2. The number of phenolic OH excluding ortho intramolecular Hbond substituents is 2. The van der Waals surface area contributed by atoms with Gasteiger partial charge in [-0.15, -0.1) is 0 Å². The molecule has 3 rings (SSSR count). The second-order valence-electron chi connectivity index (χ2n) is 4.71. The number of aromatic hydroxyl groups is 2. The Labute approximate surface area is 135 Å². The minimum absolute atomic E-state index is 0.228. The molecule has 7 heteroatoms. The third kappa shape index (κ3) is 3.51. The molecule has 2 aromatic rings. The molecule has 1 aliphatic heterocycles. The van der Waals surface area contributed by atoms with E-state index in [2.05, 4.69) is 10.3 Å². The first-order chi connectivity index (χ1) is 11.0. The fourth-order valence-electron chi connectivity index (χ4n) is 1.90. The van der Waals surface area contributed by atoms with Crippen LogP contribution in [-0.2, 0) is 4.79 Å². The second-order valence-corrected chi connectivity index (χ2v) is 5.74. The van der Waals surface area contributed by atoms with Gasteiger partial charge in [-0.3, -0.25) is 4.79 Å². The Morgan fingerprint density at radius 2 is 1.83 bits per heavy atom. The number of nitrogens with zero attached hydrogens (tertiary/aromatic N) is 1. The monoisotopic (exact) mass is 330 g/mol. The van der Waals surface area contributed by atoms with Gasteiger partial charge in [-0.05, 0) is 59.8 Å². The molecule has 0 atom stereocenters. The topological polar surface area (TPSA) is 81.9 Å². The summed E-state index contributed by atoms with van der Waals surface area (Å²) in [6.45, 7) is 0. The summed E-state index contributed by atoms with van der Waals surface area (Å²) in [4.78, 5) is 16.6. The molecule has 116 valence electrons. The maximum absolute atomic E-state index is 12.9. The van der Waals surface area contributed by atoms with Crippen molar-refractivity contribution in [1.82, 2.24) is 5.32 Å². The van der Waals surface area contributed by atoms with Gasteiger partial charge < -0.3 is 15.5 Å². The van der Waals surface area contributed by atoms with Crippen LogP contribution < -0.4 is 5.32 Å². The van der Waals surface area contributed by atoms with Gasteiger partial charge >= 0.3 is 0 Å². The maximum atomic E-state index is 12.9. The minimum Gasteiger partial charge on any atom is -0.504 e.